The number of hydrogen-bond acceptors (Lipinski definition) is 2. The number of halogens is 3. The third kappa shape index (κ3) is 5.76. The van der Waals surface area contributed by atoms with Gasteiger partial charge in [0.1, 0.15) is 0 Å². The van der Waals surface area contributed by atoms with Gasteiger partial charge in [0.2, 0.25) is 0 Å². The Bertz CT molecular complexity index is 275. The lowest BCUT2D eigenvalue weighted by Gasteiger charge is -2.17. The molecule has 100 valence electrons. The van der Waals surface area contributed by atoms with Crippen LogP contribution in [0.15, 0.2) is 4.99 Å². The Kier molecular flexibility index (Phi) is 4.62. The molecule has 0 saturated carbocycles. The summed E-state index contributed by atoms with van der Waals surface area (Å²) in [4.78, 5) is 5.53. The Hall–Kier alpha value is -0.980. The molecule has 1 saturated heterocycles. The van der Waals surface area contributed by atoms with Crippen LogP contribution in [0.25, 0.3) is 0 Å². The van der Waals surface area contributed by atoms with Gasteiger partial charge in [-0.3, -0.25) is 4.90 Å². The van der Waals surface area contributed by atoms with E-state index in [9.17, 15) is 13.2 Å². The molecule has 4 nitrogen and oxygen atoms in total. The molecule has 1 atom stereocenters. The van der Waals surface area contributed by atoms with Gasteiger partial charge in [0.15, 0.2) is 5.96 Å². The maximum atomic E-state index is 12.2. The normalized spacial score (nSPS) is 23.4. The number of rotatable bonds is 3. The predicted octanol–water partition coefficient (Wildman–Crippen LogP) is 0.936. The van der Waals surface area contributed by atoms with Crippen molar-refractivity contribution in [3.8, 4) is 0 Å². The molecular formula is C10H19F3N4. The topological polar surface area (TPSA) is 53.6 Å². The fourth-order valence-corrected chi connectivity index (χ4v) is 1.84. The molecule has 1 fully saturated rings. The van der Waals surface area contributed by atoms with Crippen LogP contribution in [0, 0.1) is 0 Å². The predicted molar refractivity (Wildman–Crippen MR) is 60.8 cm³/mol. The van der Waals surface area contributed by atoms with Crippen LogP contribution in [0.1, 0.15) is 20.3 Å². The minimum atomic E-state index is -4.14. The zero-order chi connectivity index (χ0) is 13.1. The van der Waals surface area contributed by atoms with Crippen LogP contribution in [0.4, 0.5) is 13.2 Å². The first kappa shape index (κ1) is 14.1. The highest BCUT2D eigenvalue weighted by Crippen LogP contribution is 2.20. The van der Waals surface area contributed by atoms with Crippen molar-refractivity contribution in [3.63, 3.8) is 0 Å². The highest BCUT2D eigenvalue weighted by Gasteiger charge is 2.34. The minimum absolute atomic E-state index is 0.136. The zero-order valence-corrected chi connectivity index (χ0v) is 10.1. The third-order valence-electron chi connectivity index (χ3n) is 2.41. The number of hydrogen-bond donors (Lipinski definition) is 2. The Labute approximate surface area is 99.1 Å². The quantitative estimate of drug-likeness (QED) is 0.580. The van der Waals surface area contributed by atoms with Crippen molar-refractivity contribution in [1.82, 2.24) is 10.2 Å². The minimum Gasteiger partial charge on any atom is -0.370 e. The van der Waals surface area contributed by atoms with Crippen molar-refractivity contribution < 1.29 is 13.2 Å². The van der Waals surface area contributed by atoms with Gasteiger partial charge in [-0.1, -0.05) is 0 Å². The van der Waals surface area contributed by atoms with Crippen molar-refractivity contribution in [1.29, 1.82) is 0 Å². The summed E-state index contributed by atoms with van der Waals surface area (Å²) in [5.41, 5.74) is 5.63. The van der Waals surface area contributed by atoms with Gasteiger partial charge in [0.05, 0.1) is 12.6 Å². The smallest absolute Gasteiger partial charge is 0.370 e. The lowest BCUT2D eigenvalue weighted by Crippen LogP contribution is -2.38. The lowest BCUT2D eigenvalue weighted by atomic mass is 10.3. The molecule has 1 unspecified atom stereocenters. The molecule has 0 radical (unpaired) electrons. The average Bonchev–Trinajstić information content (AvgIpc) is 2.46. The van der Waals surface area contributed by atoms with E-state index < -0.39 is 12.7 Å². The Morgan fingerprint density at radius 3 is 2.71 bits per heavy atom. The van der Waals surface area contributed by atoms with Crippen LogP contribution < -0.4 is 11.1 Å². The van der Waals surface area contributed by atoms with E-state index in [1.807, 2.05) is 13.8 Å². The number of alkyl halides is 3. The van der Waals surface area contributed by atoms with Gasteiger partial charge in [-0.25, -0.2) is 4.99 Å². The molecule has 7 heteroatoms. The first-order valence-corrected chi connectivity index (χ1v) is 5.65. The van der Waals surface area contributed by atoms with Crippen LogP contribution in [-0.4, -0.2) is 48.8 Å². The summed E-state index contributed by atoms with van der Waals surface area (Å²) in [5, 5.41) is 2.92. The second kappa shape index (κ2) is 5.57. The van der Waals surface area contributed by atoms with Gasteiger partial charge in [-0.15, -0.1) is 0 Å². The molecule has 0 aromatic rings. The second-order valence-corrected chi connectivity index (χ2v) is 4.61. The Balaban J connectivity index is 2.40. The molecule has 0 bridgehead atoms. The zero-order valence-electron chi connectivity index (χ0n) is 10.1. The number of likely N-dealkylation sites (tertiary alicyclic amines) is 1. The van der Waals surface area contributed by atoms with E-state index in [0.29, 0.717) is 25.5 Å². The summed E-state index contributed by atoms with van der Waals surface area (Å²) in [6.07, 6.45) is -3.52. The molecule has 0 amide bonds. The largest absolute Gasteiger partial charge is 0.401 e. The van der Waals surface area contributed by atoms with E-state index in [0.717, 1.165) is 0 Å². The molecular weight excluding hydrogens is 233 g/mol. The maximum absolute atomic E-state index is 12.2. The molecule has 1 heterocycles. The molecule has 0 aromatic carbocycles. The number of guanidine groups is 1. The van der Waals surface area contributed by atoms with Gasteiger partial charge in [0, 0.05) is 19.1 Å². The Morgan fingerprint density at radius 1 is 1.53 bits per heavy atom. The molecule has 0 spiro atoms. The van der Waals surface area contributed by atoms with Gasteiger partial charge in [-0.2, -0.15) is 13.2 Å². The first-order chi connectivity index (χ1) is 7.76. The van der Waals surface area contributed by atoms with Crippen LogP contribution >= 0.6 is 0 Å². The fraction of sp³-hybridized carbons (Fsp3) is 0.900. The maximum Gasteiger partial charge on any atom is 0.401 e. The highest BCUT2D eigenvalue weighted by atomic mass is 19.4. The molecule has 1 aliphatic rings. The number of nitrogens with one attached hydrogen (secondary N) is 1. The molecule has 1 rings (SSSR count). The molecule has 0 aromatic heterocycles. The summed E-state index contributed by atoms with van der Waals surface area (Å²) in [5.74, 6) is 0.304. The summed E-state index contributed by atoms with van der Waals surface area (Å²) >= 11 is 0. The Morgan fingerprint density at radius 2 is 2.18 bits per heavy atom. The molecule has 0 aliphatic carbocycles. The molecule has 1 aliphatic heterocycles. The third-order valence-corrected chi connectivity index (χ3v) is 2.41. The van der Waals surface area contributed by atoms with Crippen LogP contribution in [-0.2, 0) is 0 Å². The summed E-state index contributed by atoms with van der Waals surface area (Å²) in [6, 6.07) is 0.0371. The molecule has 17 heavy (non-hydrogen) atoms. The van der Waals surface area contributed by atoms with E-state index in [2.05, 4.69) is 10.3 Å². The lowest BCUT2D eigenvalue weighted by molar-refractivity contribution is -0.143. The standard InChI is InChI=1S/C10H19F3N4/c1-7(2)15-9(14)16-8-3-4-17(5-8)6-10(11,12)13/h7-8H,3-6H2,1-2H3,(H3,14,15,16). The second-order valence-electron chi connectivity index (χ2n) is 4.61. The average molecular weight is 252 g/mol. The first-order valence-electron chi connectivity index (χ1n) is 5.65. The van der Waals surface area contributed by atoms with E-state index >= 15 is 0 Å². The number of aliphatic imine (C=N–C) groups is 1. The summed E-state index contributed by atoms with van der Waals surface area (Å²) in [6.45, 7) is 3.72. The summed E-state index contributed by atoms with van der Waals surface area (Å²) < 4.78 is 36.5. The van der Waals surface area contributed by atoms with Crippen molar-refractivity contribution in [2.45, 2.75) is 38.5 Å². The number of nitrogens with zero attached hydrogens (tertiary/aromatic N) is 2. The fourth-order valence-electron chi connectivity index (χ4n) is 1.84. The van der Waals surface area contributed by atoms with Crippen LogP contribution in [0.2, 0.25) is 0 Å². The monoisotopic (exact) mass is 252 g/mol. The van der Waals surface area contributed by atoms with E-state index in [1.165, 1.54) is 4.90 Å². The van der Waals surface area contributed by atoms with Gasteiger partial charge >= 0.3 is 6.18 Å². The number of nitrogens with two attached hydrogens (primary N) is 1. The van der Waals surface area contributed by atoms with Crippen molar-refractivity contribution in [2.24, 2.45) is 10.7 Å². The SMILES string of the molecule is CC(C)NC(N)=NC1CCN(CC(F)(F)F)C1. The van der Waals surface area contributed by atoms with Crippen molar-refractivity contribution >= 4 is 5.96 Å². The van der Waals surface area contributed by atoms with Gasteiger partial charge in [-0.05, 0) is 20.3 Å². The van der Waals surface area contributed by atoms with E-state index in [4.69, 9.17) is 5.73 Å². The van der Waals surface area contributed by atoms with Gasteiger partial charge < -0.3 is 11.1 Å². The van der Waals surface area contributed by atoms with Crippen molar-refractivity contribution in [3.05, 3.63) is 0 Å². The highest BCUT2D eigenvalue weighted by molar-refractivity contribution is 5.78. The van der Waals surface area contributed by atoms with Crippen molar-refractivity contribution in [2.75, 3.05) is 19.6 Å². The van der Waals surface area contributed by atoms with Crippen LogP contribution in [0.3, 0.4) is 0 Å². The van der Waals surface area contributed by atoms with Gasteiger partial charge in [0.25, 0.3) is 0 Å². The van der Waals surface area contributed by atoms with E-state index in [1.54, 1.807) is 0 Å². The summed E-state index contributed by atoms with van der Waals surface area (Å²) in [7, 11) is 0. The van der Waals surface area contributed by atoms with E-state index in [-0.39, 0.29) is 12.1 Å². The van der Waals surface area contributed by atoms with Crippen LogP contribution in [0.5, 0.6) is 0 Å². The molecule has 3 N–H and O–H groups in total.